The fourth-order valence-corrected chi connectivity index (χ4v) is 3.12. The Morgan fingerprint density at radius 3 is 2.50 bits per heavy atom. The van der Waals surface area contributed by atoms with Gasteiger partial charge in [0, 0.05) is 18.7 Å². The minimum absolute atomic E-state index is 0.306. The molecule has 3 rings (SSSR count). The Labute approximate surface area is 130 Å². The Hall–Kier alpha value is -2.27. The first-order valence-corrected chi connectivity index (χ1v) is 7.67. The van der Waals surface area contributed by atoms with Gasteiger partial charge in [-0.15, -0.1) is 0 Å². The maximum atomic E-state index is 12.1. The van der Waals surface area contributed by atoms with Crippen LogP contribution in [-0.4, -0.2) is 19.0 Å². The molecule has 1 aliphatic heterocycles. The maximum Gasteiger partial charge on any atom is 0.303 e. The third-order valence-corrected chi connectivity index (χ3v) is 4.13. The molecule has 0 atom stereocenters. The lowest BCUT2D eigenvalue weighted by molar-refractivity contribution is 0.0925. The van der Waals surface area contributed by atoms with Gasteiger partial charge in [-0.05, 0) is 31.7 Å². The van der Waals surface area contributed by atoms with Crippen molar-refractivity contribution in [1.29, 1.82) is 0 Å². The number of aryl methyl sites for hydroxylation is 1. The zero-order chi connectivity index (χ0) is 15.5. The van der Waals surface area contributed by atoms with Crippen LogP contribution in [0.5, 0.6) is 0 Å². The number of benzene rings is 1. The van der Waals surface area contributed by atoms with Crippen molar-refractivity contribution in [3.8, 4) is 11.1 Å². The highest BCUT2D eigenvalue weighted by molar-refractivity contribution is 6.01. The van der Waals surface area contributed by atoms with Gasteiger partial charge in [-0.3, -0.25) is 10.2 Å². The highest BCUT2D eigenvalue weighted by Gasteiger charge is 2.28. The topological polar surface area (TPSA) is 71.5 Å². The molecule has 0 spiro atoms. The van der Waals surface area contributed by atoms with Crippen molar-refractivity contribution < 1.29 is 9.21 Å². The van der Waals surface area contributed by atoms with Crippen molar-refractivity contribution >= 4 is 11.6 Å². The summed E-state index contributed by atoms with van der Waals surface area (Å²) in [5, 5.41) is 0. The fourth-order valence-electron chi connectivity index (χ4n) is 3.12. The molecule has 1 aliphatic rings. The summed E-state index contributed by atoms with van der Waals surface area (Å²) in [6.45, 7) is 3.76. The van der Waals surface area contributed by atoms with Crippen LogP contribution in [0.25, 0.3) is 11.1 Å². The predicted molar refractivity (Wildman–Crippen MR) is 86.6 cm³/mol. The number of piperidine rings is 1. The number of nitrogens with two attached hydrogens (primary N) is 1. The van der Waals surface area contributed by atoms with E-state index < -0.39 is 0 Å². The van der Waals surface area contributed by atoms with Gasteiger partial charge in [-0.1, -0.05) is 30.3 Å². The van der Waals surface area contributed by atoms with Gasteiger partial charge in [0.05, 0.1) is 5.69 Å². The minimum Gasteiger partial charge on any atom is -0.453 e. The summed E-state index contributed by atoms with van der Waals surface area (Å²) in [6.07, 6.45) is 3.48. The number of furan rings is 1. The first-order chi connectivity index (χ1) is 10.7. The molecule has 1 saturated heterocycles. The van der Waals surface area contributed by atoms with E-state index in [9.17, 15) is 4.79 Å². The summed E-state index contributed by atoms with van der Waals surface area (Å²) in [7, 11) is 0. The second kappa shape index (κ2) is 6.23. The van der Waals surface area contributed by atoms with Gasteiger partial charge in [0.2, 0.25) is 5.76 Å². The number of carbonyl (C=O) groups is 1. The lowest BCUT2D eigenvalue weighted by Gasteiger charge is -2.29. The zero-order valence-corrected chi connectivity index (χ0v) is 12.8. The van der Waals surface area contributed by atoms with Crippen molar-refractivity contribution in [3.05, 3.63) is 41.9 Å². The molecule has 2 heterocycles. The van der Waals surface area contributed by atoms with Crippen LogP contribution in [0.3, 0.4) is 0 Å². The first-order valence-electron chi connectivity index (χ1n) is 7.67. The lowest BCUT2D eigenvalue weighted by Crippen LogP contribution is -2.34. The van der Waals surface area contributed by atoms with E-state index in [4.69, 9.17) is 10.3 Å². The molecule has 1 aromatic carbocycles. The van der Waals surface area contributed by atoms with Crippen molar-refractivity contribution in [2.75, 3.05) is 18.0 Å². The molecule has 1 fully saturated rings. The number of carbonyl (C=O) groups excluding carboxylic acids is 1. The van der Waals surface area contributed by atoms with Crippen LogP contribution in [0.2, 0.25) is 0 Å². The van der Waals surface area contributed by atoms with Crippen LogP contribution in [-0.2, 0) is 0 Å². The van der Waals surface area contributed by atoms with Crippen molar-refractivity contribution in [1.82, 2.24) is 5.43 Å². The van der Waals surface area contributed by atoms with Crippen LogP contribution in [0, 0.1) is 6.92 Å². The zero-order valence-electron chi connectivity index (χ0n) is 12.8. The molecule has 2 aromatic rings. The molecule has 3 N–H and O–H groups in total. The van der Waals surface area contributed by atoms with E-state index in [1.807, 2.05) is 37.3 Å². The molecule has 1 aromatic heterocycles. The monoisotopic (exact) mass is 299 g/mol. The summed E-state index contributed by atoms with van der Waals surface area (Å²) in [4.78, 5) is 14.4. The Morgan fingerprint density at radius 2 is 1.86 bits per heavy atom. The number of hydrogen-bond donors (Lipinski definition) is 2. The van der Waals surface area contributed by atoms with E-state index in [0.29, 0.717) is 5.76 Å². The Balaban J connectivity index is 2.15. The van der Waals surface area contributed by atoms with Crippen LogP contribution >= 0.6 is 0 Å². The molecule has 5 nitrogen and oxygen atoms in total. The molecule has 1 amide bonds. The summed E-state index contributed by atoms with van der Waals surface area (Å²) in [5.41, 5.74) is 5.10. The highest BCUT2D eigenvalue weighted by atomic mass is 16.4. The second-order valence-electron chi connectivity index (χ2n) is 5.60. The number of hydrazine groups is 1. The van der Waals surface area contributed by atoms with Gasteiger partial charge in [0.25, 0.3) is 0 Å². The maximum absolute atomic E-state index is 12.1. The van der Waals surface area contributed by atoms with E-state index in [1.54, 1.807) is 0 Å². The molecule has 0 saturated carbocycles. The van der Waals surface area contributed by atoms with E-state index in [2.05, 4.69) is 10.3 Å². The Kier molecular flexibility index (Phi) is 4.15. The predicted octanol–water partition coefficient (Wildman–Crippen LogP) is 2.85. The van der Waals surface area contributed by atoms with Gasteiger partial charge in [0.15, 0.2) is 0 Å². The van der Waals surface area contributed by atoms with Crippen molar-refractivity contribution in [2.45, 2.75) is 26.2 Å². The number of nitrogens with one attached hydrogen (secondary N) is 1. The average Bonchev–Trinajstić information content (AvgIpc) is 2.93. The largest absolute Gasteiger partial charge is 0.453 e. The van der Waals surface area contributed by atoms with Crippen LogP contribution < -0.4 is 16.2 Å². The first kappa shape index (κ1) is 14.7. The molecule has 0 unspecified atom stereocenters. The SMILES string of the molecule is Cc1oc(C(=O)NN)c(N2CCCCC2)c1-c1ccccc1. The number of anilines is 1. The van der Waals surface area contributed by atoms with E-state index >= 15 is 0 Å². The fraction of sp³-hybridized carbons (Fsp3) is 0.353. The average molecular weight is 299 g/mol. The minimum atomic E-state index is -0.383. The smallest absolute Gasteiger partial charge is 0.303 e. The Morgan fingerprint density at radius 1 is 1.18 bits per heavy atom. The molecule has 22 heavy (non-hydrogen) atoms. The van der Waals surface area contributed by atoms with Gasteiger partial charge in [-0.2, -0.15) is 0 Å². The van der Waals surface area contributed by atoms with Crippen molar-refractivity contribution in [2.24, 2.45) is 5.84 Å². The molecular weight excluding hydrogens is 278 g/mol. The van der Waals surface area contributed by atoms with E-state index in [0.717, 1.165) is 48.5 Å². The van der Waals surface area contributed by atoms with Crippen LogP contribution in [0.1, 0.15) is 35.6 Å². The number of amides is 1. The summed E-state index contributed by atoms with van der Waals surface area (Å²) < 4.78 is 5.77. The van der Waals surface area contributed by atoms with Gasteiger partial charge in [-0.25, -0.2) is 5.84 Å². The van der Waals surface area contributed by atoms with Crippen LogP contribution in [0.15, 0.2) is 34.7 Å². The van der Waals surface area contributed by atoms with Crippen LogP contribution in [0.4, 0.5) is 5.69 Å². The van der Waals surface area contributed by atoms with E-state index in [-0.39, 0.29) is 5.91 Å². The highest BCUT2D eigenvalue weighted by Crippen LogP contribution is 2.40. The molecule has 0 aliphatic carbocycles. The Bertz CT molecular complexity index is 658. The number of hydrogen-bond acceptors (Lipinski definition) is 4. The van der Waals surface area contributed by atoms with Gasteiger partial charge >= 0.3 is 5.91 Å². The van der Waals surface area contributed by atoms with E-state index in [1.165, 1.54) is 6.42 Å². The summed E-state index contributed by atoms with van der Waals surface area (Å²) in [6, 6.07) is 10.0. The molecule has 0 bridgehead atoms. The quantitative estimate of drug-likeness (QED) is 0.519. The second-order valence-corrected chi connectivity index (χ2v) is 5.60. The number of rotatable bonds is 3. The molecule has 5 heteroatoms. The summed E-state index contributed by atoms with van der Waals surface area (Å²) in [5.74, 6) is 5.99. The normalized spacial score (nSPS) is 14.9. The molecule has 0 radical (unpaired) electrons. The third kappa shape index (κ3) is 2.60. The van der Waals surface area contributed by atoms with Gasteiger partial charge < -0.3 is 9.32 Å². The number of nitrogens with zero attached hydrogens (tertiary/aromatic N) is 1. The number of nitrogen functional groups attached to an aromatic ring is 1. The molecule has 116 valence electrons. The molecular formula is C17H21N3O2. The standard InChI is InChI=1S/C17H21N3O2/c1-12-14(13-8-4-2-5-9-13)15(16(22-12)17(21)19-18)20-10-6-3-7-11-20/h2,4-5,8-9H,3,6-7,10-11,18H2,1H3,(H,19,21). The van der Waals surface area contributed by atoms with Gasteiger partial charge in [0.1, 0.15) is 5.76 Å². The summed E-state index contributed by atoms with van der Waals surface area (Å²) >= 11 is 0. The lowest BCUT2D eigenvalue weighted by atomic mass is 10.0. The third-order valence-electron chi connectivity index (χ3n) is 4.13. The van der Waals surface area contributed by atoms with Crippen molar-refractivity contribution in [3.63, 3.8) is 0 Å².